The third-order valence-electron chi connectivity index (χ3n) is 4.21. The van der Waals surface area contributed by atoms with E-state index in [0.717, 1.165) is 11.1 Å². The smallest absolute Gasteiger partial charge is 0.249 e. The van der Waals surface area contributed by atoms with Crippen LogP contribution in [0.4, 0.5) is 11.5 Å². The molecule has 2 N–H and O–H groups in total. The maximum atomic E-state index is 12.7. The summed E-state index contributed by atoms with van der Waals surface area (Å²) in [5, 5.41) is 10.5. The first kappa shape index (κ1) is 16.4. The fourth-order valence-corrected chi connectivity index (χ4v) is 3.18. The maximum absolute atomic E-state index is 12.7. The van der Waals surface area contributed by atoms with Gasteiger partial charge in [0.1, 0.15) is 11.9 Å². The molecule has 0 fully saturated rings. The Bertz CT molecular complexity index is 984. The molecule has 26 heavy (non-hydrogen) atoms. The highest BCUT2D eigenvalue weighted by atomic mass is 35.5. The number of carbonyl (C=O) groups excluding carboxylic acids is 2. The van der Waals surface area contributed by atoms with Crippen LogP contribution in [0.2, 0.25) is 5.02 Å². The predicted molar refractivity (Wildman–Crippen MR) is 100 cm³/mol. The van der Waals surface area contributed by atoms with Crippen molar-refractivity contribution in [2.24, 2.45) is 0 Å². The lowest BCUT2D eigenvalue weighted by molar-refractivity contribution is -0.125. The summed E-state index contributed by atoms with van der Waals surface area (Å²) < 4.78 is 1.56. The molecule has 2 heterocycles. The maximum Gasteiger partial charge on any atom is 0.249 e. The number of nitrogens with zero attached hydrogens (tertiary/aromatic N) is 2. The van der Waals surface area contributed by atoms with Crippen LogP contribution in [0.5, 0.6) is 0 Å². The van der Waals surface area contributed by atoms with E-state index in [9.17, 15) is 9.59 Å². The van der Waals surface area contributed by atoms with Crippen LogP contribution in [0.3, 0.4) is 0 Å². The number of nitrogens with one attached hydrogen (secondary N) is 2. The van der Waals surface area contributed by atoms with Gasteiger partial charge in [0.2, 0.25) is 11.8 Å². The molecule has 0 radical (unpaired) electrons. The zero-order valence-corrected chi connectivity index (χ0v) is 14.4. The Labute approximate surface area is 154 Å². The molecular formula is C19H15ClN4O2. The van der Waals surface area contributed by atoms with Crippen molar-refractivity contribution in [1.82, 2.24) is 9.78 Å². The van der Waals surface area contributed by atoms with Crippen molar-refractivity contribution in [1.29, 1.82) is 0 Å². The molecule has 0 saturated carbocycles. The number of aromatic nitrogens is 2. The number of hydrogen-bond donors (Lipinski definition) is 2. The number of fused-ring (bicyclic) bond motifs is 1. The Balaban J connectivity index is 1.66. The third kappa shape index (κ3) is 3.07. The minimum Gasteiger partial charge on any atom is -0.324 e. The summed E-state index contributed by atoms with van der Waals surface area (Å²) in [4.78, 5) is 24.9. The first-order valence-corrected chi connectivity index (χ1v) is 8.49. The van der Waals surface area contributed by atoms with Gasteiger partial charge in [0.05, 0.1) is 12.6 Å². The van der Waals surface area contributed by atoms with E-state index in [1.807, 2.05) is 30.3 Å². The van der Waals surface area contributed by atoms with E-state index in [1.54, 1.807) is 35.1 Å². The monoisotopic (exact) mass is 366 g/mol. The van der Waals surface area contributed by atoms with Crippen LogP contribution >= 0.6 is 11.6 Å². The van der Waals surface area contributed by atoms with Crippen LogP contribution in [0.25, 0.3) is 11.1 Å². The number of rotatable bonds is 3. The van der Waals surface area contributed by atoms with Crippen LogP contribution in [0, 0.1) is 0 Å². The number of benzene rings is 2. The number of amides is 2. The lowest BCUT2D eigenvalue weighted by Crippen LogP contribution is -2.35. The topological polar surface area (TPSA) is 76.0 Å². The average molecular weight is 367 g/mol. The molecule has 0 bridgehead atoms. The van der Waals surface area contributed by atoms with Crippen molar-refractivity contribution in [3.05, 3.63) is 65.8 Å². The van der Waals surface area contributed by atoms with E-state index in [4.69, 9.17) is 11.6 Å². The predicted octanol–water partition coefficient (Wildman–Crippen LogP) is 3.73. The van der Waals surface area contributed by atoms with Gasteiger partial charge in [-0.05, 0) is 23.8 Å². The van der Waals surface area contributed by atoms with Crippen molar-refractivity contribution in [3.8, 4) is 11.1 Å². The molecule has 1 aliphatic rings. The molecule has 2 aromatic carbocycles. The van der Waals surface area contributed by atoms with Crippen LogP contribution in [-0.2, 0) is 9.59 Å². The van der Waals surface area contributed by atoms with Gasteiger partial charge in [0.15, 0.2) is 0 Å². The molecule has 7 heteroatoms. The molecule has 1 unspecified atom stereocenters. The van der Waals surface area contributed by atoms with Crippen molar-refractivity contribution < 1.29 is 9.59 Å². The lowest BCUT2D eigenvalue weighted by Gasteiger charge is -2.24. The molecule has 1 aromatic heterocycles. The molecule has 4 rings (SSSR count). The summed E-state index contributed by atoms with van der Waals surface area (Å²) in [5.41, 5.74) is 2.27. The van der Waals surface area contributed by atoms with Crippen molar-refractivity contribution in [2.75, 3.05) is 10.6 Å². The largest absolute Gasteiger partial charge is 0.324 e. The Kier molecular flexibility index (Phi) is 4.18. The highest BCUT2D eigenvalue weighted by Gasteiger charge is 2.33. The summed E-state index contributed by atoms with van der Waals surface area (Å²) in [6.07, 6.45) is 1.69. The van der Waals surface area contributed by atoms with E-state index in [0.29, 0.717) is 16.5 Å². The Morgan fingerprint density at radius 2 is 2.00 bits per heavy atom. The standard InChI is InChI=1S/C19H15ClN4O2/c20-13-7-4-8-14(9-13)22-19(26)16-10-17(25)23-18-15(11-21-24(16)18)12-5-2-1-3-6-12/h1-9,11,16H,10H2,(H,22,26)(H,23,25). The van der Waals surface area contributed by atoms with E-state index in [1.165, 1.54) is 0 Å². The molecule has 1 aliphatic heterocycles. The highest BCUT2D eigenvalue weighted by Crippen LogP contribution is 2.34. The fourth-order valence-electron chi connectivity index (χ4n) is 2.99. The van der Waals surface area contributed by atoms with Gasteiger partial charge in [0.25, 0.3) is 0 Å². The lowest BCUT2D eigenvalue weighted by atomic mass is 10.1. The SMILES string of the molecule is O=C1CC(C(=O)Nc2cccc(Cl)c2)n2ncc(-c3ccccc3)c2N1. The molecule has 3 aromatic rings. The van der Waals surface area contributed by atoms with Crippen LogP contribution < -0.4 is 10.6 Å². The Morgan fingerprint density at radius 1 is 1.19 bits per heavy atom. The number of halogens is 1. The minimum atomic E-state index is -0.727. The zero-order chi connectivity index (χ0) is 18.1. The quantitative estimate of drug-likeness (QED) is 0.741. The molecule has 6 nitrogen and oxygen atoms in total. The fraction of sp³-hybridized carbons (Fsp3) is 0.105. The van der Waals surface area contributed by atoms with Crippen molar-refractivity contribution in [2.45, 2.75) is 12.5 Å². The first-order chi connectivity index (χ1) is 12.6. The van der Waals surface area contributed by atoms with Gasteiger partial charge < -0.3 is 10.6 Å². The summed E-state index contributed by atoms with van der Waals surface area (Å²) in [7, 11) is 0. The van der Waals surface area contributed by atoms with Gasteiger partial charge >= 0.3 is 0 Å². The number of carbonyl (C=O) groups is 2. The second-order valence-electron chi connectivity index (χ2n) is 5.99. The molecule has 0 spiro atoms. The Hall–Kier alpha value is -3.12. The van der Waals surface area contributed by atoms with E-state index < -0.39 is 6.04 Å². The summed E-state index contributed by atoms with van der Waals surface area (Å²) in [6, 6.07) is 15.7. The van der Waals surface area contributed by atoms with Gasteiger partial charge in [-0.3, -0.25) is 9.59 Å². The van der Waals surface area contributed by atoms with Crippen molar-refractivity contribution in [3.63, 3.8) is 0 Å². The second-order valence-corrected chi connectivity index (χ2v) is 6.42. The summed E-state index contributed by atoms with van der Waals surface area (Å²) >= 11 is 5.96. The van der Waals surface area contributed by atoms with E-state index in [2.05, 4.69) is 15.7 Å². The normalized spacial score (nSPS) is 15.9. The molecule has 0 aliphatic carbocycles. The number of anilines is 2. The first-order valence-electron chi connectivity index (χ1n) is 8.11. The van der Waals surface area contributed by atoms with Gasteiger partial charge in [0, 0.05) is 16.3 Å². The molecule has 2 amide bonds. The van der Waals surface area contributed by atoms with Crippen LogP contribution in [0.1, 0.15) is 12.5 Å². The van der Waals surface area contributed by atoms with Gasteiger partial charge in [-0.2, -0.15) is 5.10 Å². The van der Waals surface area contributed by atoms with Gasteiger partial charge in [-0.25, -0.2) is 4.68 Å². The molecule has 130 valence electrons. The molecular weight excluding hydrogens is 352 g/mol. The molecule has 1 atom stereocenters. The third-order valence-corrected chi connectivity index (χ3v) is 4.44. The molecule has 0 saturated heterocycles. The summed E-state index contributed by atoms with van der Waals surface area (Å²) in [6.45, 7) is 0. The second kappa shape index (κ2) is 6.65. The minimum absolute atomic E-state index is 0.0231. The van der Waals surface area contributed by atoms with Crippen molar-refractivity contribution >= 4 is 34.9 Å². The van der Waals surface area contributed by atoms with Gasteiger partial charge in [-0.15, -0.1) is 0 Å². The Morgan fingerprint density at radius 3 is 2.77 bits per heavy atom. The highest BCUT2D eigenvalue weighted by molar-refractivity contribution is 6.30. The van der Waals surface area contributed by atoms with Gasteiger partial charge in [-0.1, -0.05) is 48.0 Å². The average Bonchev–Trinajstić information content (AvgIpc) is 3.05. The van der Waals surface area contributed by atoms with Crippen LogP contribution in [0.15, 0.2) is 60.8 Å². The number of hydrogen-bond acceptors (Lipinski definition) is 3. The van der Waals surface area contributed by atoms with E-state index >= 15 is 0 Å². The van der Waals surface area contributed by atoms with Crippen LogP contribution in [-0.4, -0.2) is 21.6 Å². The van der Waals surface area contributed by atoms with E-state index in [-0.39, 0.29) is 18.2 Å². The zero-order valence-electron chi connectivity index (χ0n) is 13.6. The summed E-state index contributed by atoms with van der Waals surface area (Å²) in [5.74, 6) is -0.00815.